The Kier molecular flexibility index (Phi) is 4.53. The summed E-state index contributed by atoms with van der Waals surface area (Å²) in [4.78, 5) is 12.9. The van der Waals surface area contributed by atoms with Crippen molar-refractivity contribution in [2.45, 2.75) is 25.3 Å². The number of nitrogens with zero attached hydrogens (tertiary/aromatic N) is 3. The second-order valence-corrected chi connectivity index (χ2v) is 4.97. The fourth-order valence-electron chi connectivity index (χ4n) is 2.74. The van der Waals surface area contributed by atoms with E-state index >= 15 is 0 Å². The van der Waals surface area contributed by atoms with Gasteiger partial charge in [0.05, 0.1) is 16.6 Å². The van der Waals surface area contributed by atoms with Crippen molar-refractivity contribution in [2.75, 3.05) is 25.0 Å². The predicted octanol–water partition coefficient (Wildman–Crippen LogP) is 2.04. The van der Waals surface area contributed by atoms with E-state index in [0.29, 0.717) is 11.3 Å². The number of hydrogen-bond donors (Lipinski definition) is 1. The minimum absolute atomic E-state index is 0.0759. The Morgan fingerprint density at radius 2 is 2.35 bits per heavy atom. The summed E-state index contributed by atoms with van der Waals surface area (Å²) in [6.45, 7) is 1.58. The Hall–Kier alpha value is -2.13. The number of rotatable bonds is 4. The van der Waals surface area contributed by atoms with Gasteiger partial charge in [0.25, 0.3) is 5.69 Å². The van der Waals surface area contributed by atoms with Gasteiger partial charge in [-0.15, -0.1) is 0 Å². The summed E-state index contributed by atoms with van der Waals surface area (Å²) in [6, 6.07) is 6.85. The quantitative estimate of drug-likeness (QED) is 0.671. The summed E-state index contributed by atoms with van der Waals surface area (Å²) >= 11 is 0. The number of benzene rings is 1. The summed E-state index contributed by atoms with van der Waals surface area (Å²) in [5.41, 5.74) is 1.10. The first-order valence-corrected chi connectivity index (χ1v) is 6.77. The molecule has 0 bridgehead atoms. The van der Waals surface area contributed by atoms with Gasteiger partial charge in [0.2, 0.25) is 0 Å². The minimum Gasteiger partial charge on any atom is -0.362 e. The molecule has 0 spiro atoms. The molecule has 1 atom stereocenters. The standard InChI is InChI=1S/C14H18N4O2/c1-16-10-12-4-2-3-7-17(12)14-8-11(9-15)5-6-13(14)18(19)20/h5-6,8,12,16H,2-4,7,10H2,1H3. The third-order valence-electron chi connectivity index (χ3n) is 3.68. The molecule has 1 aromatic carbocycles. The van der Waals surface area contributed by atoms with Crippen molar-refractivity contribution in [1.29, 1.82) is 5.26 Å². The monoisotopic (exact) mass is 274 g/mol. The van der Waals surface area contributed by atoms with Gasteiger partial charge >= 0.3 is 0 Å². The highest BCUT2D eigenvalue weighted by molar-refractivity contribution is 5.66. The van der Waals surface area contributed by atoms with Gasteiger partial charge in [0.1, 0.15) is 5.69 Å². The van der Waals surface area contributed by atoms with Gasteiger partial charge in [-0.25, -0.2) is 0 Å². The summed E-state index contributed by atoms with van der Waals surface area (Å²) < 4.78 is 0. The minimum atomic E-state index is -0.373. The van der Waals surface area contributed by atoms with Crippen LogP contribution in [0.25, 0.3) is 0 Å². The lowest BCUT2D eigenvalue weighted by Gasteiger charge is -2.37. The van der Waals surface area contributed by atoms with Crippen molar-refractivity contribution in [2.24, 2.45) is 0 Å². The molecule has 1 aromatic rings. The molecular weight excluding hydrogens is 256 g/mol. The molecule has 1 aliphatic rings. The smallest absolute Gasteiger partial charge is 0.292 e. The number of likely N-dealkylation sites (N-methyl/N-ethyl adjacent to an activating group) is 1. The highest BCUT2D eigenvalue weighted by Gasteiger charge is 2.27. The van der Waals surface area contributed by atoms with Crippen molar-refractivity contribution < 1.29 is 4.92 Å². The molecule has 6 nitrogen and oxygen atoms in total. The fourth-order valence-corrected chi connectivity index (χ4v) is 2.74. The molecule has 0 saturated carbocycles. The van der Waals surface area contributed by atoms with Gasteiger partial charge in [-0.2, -0.15) is 5.26 Å². The van der Waals surface area contributed by atoms with Crippen molar-refractivity contribution >= 4 is 11.4 Å². The molecule has 0 radical (unpaired) electrons. The maximum Gasteiger partial charge on any atom is 0.292 e. The molecule has 1 aliphatic heterocycles. The number of nitro benzene ring substituents is 1. The maximum absolute atomic E-state index is 11.2. The Labute approximate surface area is 118 Å². The van der Waals surface area contributed by atoms with E-state index in [1.165, 1.54) is 12.1 Å². The molecule has 0 aromatic heterocycles. The molecule has 1 heterocycles. The molecule has 106 valence electrons. The largest absolute Gasteiger partial charge is 0.362 e. The van der Waals surface area contributed by atoms with E-state index in [1.54, 1.807) is 6.07 Å². The van der Waals surface area contributed by atoms with Crippen molar-refractivity contribution in [3.8, 4) is 6.07 Å². The summed E-state index contributed by atoms with van der Waals surface area (Å²) in [5.74, 6) is 0. The van der Waals surface area contributed by atoms with E-state index in [1.807, 2.05) is 7.05 Å². The van der Waals surface area contributed by atoms with Crippen LogP contribution in [-0.4, -0.2) is 31.1 Å². The SMILES string of the molecule is CNCC1CCCCN1c1cc(C#N)ccc1[N+](=O)[O-]. The maximum atomic E-state index is 11.2. The van der Waals surface area contributed by atoms with Crippen LogP contribution in [0.1, 0.15) is 24.8 Å². The Morgan fingerprint density at radius 3 is 3.00 bits per heavy atom. The van der Waals surface area contributed by atoms with Crippen LogP contribution >= 0.6 is 0 Å². The van der Waals surface area contributed by atoms with E-state index < -0.39 is 0 Å². The van der Waals surface area contributed by atoms with Crippen molar-refractivity contribution in [1.82, 2.24) is 5.32 Å². The molecule has 1 fully saturated rings. The first-order valence-electron chi connectivity index (χ1n) is 6.77. The fraction of sp³-hybridized carbons (Fsp3) is 0.500. The zero-order valence-corrected chi connectivity index (χ0v) is 11.5. The number of piperidine rings is 1. The van der Waals surface area contributed by atoms with Gasteiger partial charge in [-0.1, -0.05) is 0 Å². The van der Waals surface area contributed by atoms with Crippen LogP contribution in [0.3, 0.4) is 0 Å². The molecule has 1 N–H and O–H groups in total. The van der Waals surface area contributed by atoms with Gasteiger partial charge in [-0.05, 0) is 38.4 Å². The lowest BCUT2D eigenvalue weighted by atomic mass is 10.00. The Morgan fingerprint density at radius 1 is 1.55 bits per heavy atom. The third-order valence-corrected chi connectivity index (χ3v) is 3.68. The van der Waals surface area contributed by atoms with Crippen LogP contribution in [0.2, 0.25) is 0 Å². The molecule has 20 heavy (non-hydrogen) atoms. The number of hydrogen-bond acceptors (Lipinski definition) is 5. The summed E-state index contributed by atoms with van der Waals surface area (Å²) in [5, 5.41) is 23.4. The molecule has 6 heteroatoms. The van der Waals surface area contributed by atoms with Gasteiger partial charge in [-0.3, -0.25) is 10.1 Å². The van der Waals surface area contributed by atoms with E-state index in [4.69, 9.17) is 5.26 Å². The summed E-state index contributed by atoms with van der Waals surface area (Å²) in [7, 11) is 1.88. The number of anilines is 1. The second kappa shape index (κ2) is 6.35. The molecule has 1 saturated heterocycles. The first kappa shape index (κ1) is 14.3. The molecule has 2 rings (SSSR count). The molecule has 1 unspecified atom stereocenters. The molecule has 0 amide bonds. The molecular formula is C14H18N4O2. The van der Waals surface area contributed by atoms with E-state index in [0.717, 1.165) is 32.4 Å². The van der Waals surface area contributed by atoms with Crippen LogP contribution in [-0.2, 0) is 0 Å². The average Bonchev–Trinajstić information content (AvgIpc) is 2.47. The normalized spacial score (nSPS) is 18.6. The van der Waals surface area contributed by atoms with Crippen LogP contribution < -0.4 is 10.2 Å². The average molecular weight is 274 g/mol. The van der Waals surface area contributed by atoms with Crippen molar-refractivity contribution in [3.63, 3.8) is 0 Å². The van der Waals surface area contributed by atoms with E-state index in [-0.39, 0.29) is 16.7 Å². The lowest BCUT2D eigenvalue weighted by Crippen LogP contribution is -2.45. The number of nitro groups is 1. The van der Waals surface area contributed by atoms with Gasteiger partial charge in [0, 0.05) is 25.2 Å². The first-order chi connectivity index (χ1) is 9.67. The van der Waals surface area contributed by atoms with Crippen molar-refractivity contribution in [3.05, 3.63) is 33.9 Å². The Balaban J connectivity index is 2.42. The van der Waals surface area contributed by atoms with Gasteiger partial charge in [0.15, 0.2) is 0 Å². The van der Waals surface area contributed by atoms with Crippen LogP contribution in [0.4, 0.5) is 11.4 Å². The Bertz CT molecular complexity index is 536. The molecule has 0 aliphatic carbocycles. The number of nitriles is 1. The topological polar surface area (TPSA) is 82.2 Å². The van der Waals surface area contributed by atoms with Gasteiger partial charge < -0.3 is 10.2 Å². The van der Waals surface area contributed by atoms with Crippen LogP contribution in [0, 0.1) is 21.4 Å². The van der Waals surface area contributed by atoms with E-state index in [9.17, 15) is 10.1 Å². The number of nitrogens with one attached hydrogen (secondary N) is 1. The van der Waals surface area contributed by atoms with Crippen LogP contribution in [0.5, 0.6) is 0 Å². The predicted molar refractivity (Wildman–Crippen MR) is 76.7 cm³/mol. The second-order valence-electron chi connectivity index (χ2n) is 4.97. The summed E-state index contributed by atoms with van der Waals surface area (Å²) in [6.07, 6.45) is 3.16. The zero-order chi connectivity index (χ0) is 14.5. The van der Waals surface area contributed by atoms with Crippen LogP contribution in [0.15, 0.2) is 18.2 Å². The highest BCUT2D eigenvalue weighted by Crippen LogP contribution is 2.33. The third kappa shape index (κ3) is 2.89. The highest BCUT2D eigenvalue weighted by atomic mass is 16.6. The zero-order valence-electron chi connectivity index (χ0n) is 11.5. The lowest BCUT2D eigenvalue weighted by molar-refractivity contribution is -0.384. The van der Waals surface area contributed by atoms with E-state index in [2.05, 4.69) is 16.3 Å².